The first-order valence-electron chi connectivity index (χ1n) is 6.52. The maximum Gasteiger partial charge on any atom is 0.273 e. The Balaban J connectivity index is 1.91. The van der Waals surface area contributed by atoms with Crippen molar-refractivity contribution in [3.05, 3.63) is 52.6 Å². The largest absolute Gasteiger partial charge is 0.491 e. The summed E-state index contributed by atoms with van der Waals surface area (Å²) in [5, 5.41) is 29.3. The summed E-state index contributed by atoms with van der Waals surface area (Å²) in [5.41, 5.74) is -0.0714. The molecule has 0 aliphatic rings. The Morgan fingerprint density at radius 3 is 3.09 bits per heavy atom. The monoisotopic (exact) mass is 302 g/mol. The van der Waals surface area contributed by atoms with E-state index in [1.54, 1.807) is 23.0 Å². The number of ether oxygens (including phenoxy) is 1. The summed E-state index contributed by atoms with van der Waals surface area (Å²) >= 11 is 0. The topological polar surface area (TPSA) is 114 Å². The van der Waals surface area contributed by atoms with Crippen LogP contribution in [0.1, 0.15) is 5.82 Å². The van der Waals surface area contributed by atoms with Crippen molar-refractivity contribution in [2.45, 2.75) is 19.1 Å². The molecule has 2 rings (SSSR count). The Bertz CT molecular complexity index is 692. The predicted octanol–water partition coefficient (Wildman–Crippen LogP) is 1.30. The Hall–Kier alpha value is -2.92. The third kappa shape index (κ3) is 4.04. The van der Waals surface area contributed by atoms with Crippen molar-refractivity contribution in [2.24, 2.45) is 0 Å². The maximum absolute atomic E-state index is 10.7. The van der Waals surface area contributed by atoms with E-state index < -0.39 is 11.0 Å². The molecule has 8 heteroatoms. The molecular formula is C14H14N4O4. The van der Waals surface area contributed by atoms with Gasteiger partial charge in [0.25, 0.3) is 5.69 Å². The molecule has 114 valence electrons. The quantitative estimate of drug-likeness (QED) is 0.609. The van der Waals surface area contributed by atoms with Crippen LogP contribution in [0.2, 0.25) is 0 Å². The summed E-state index contributed by atoms with van der Waals surface area (Å²) in [6.07, 6.45) is 2.56. The number of aliphatic hydroxyl groups excluding tert-OH is 1. The molecule has 0 fully saturated rings. The van der Waals surface area contributed by atoms with E-state index in [4.69, 9.17) is 10.00 Å². The molecule has 0 saturated carbocycles. The molecule has 0 saturated heterocycles. The van der Waals surface area contributed by atoms with Crippen molar-refractivity contribution in [3.63, 3.8) is 0 Å². The molecule has 0 amide bonds. The highest BCUT2D eigenvalue weighted by atomic mass is 16.6. The zero-order valence-electron chi connectivity index (χ0n) is 11.6. The number of nitrogens with zero attached hydrogens (tertiary/aromatic N) is 4. The smallest absolute Gasteiger partial charge is 0.273 e. The van der Waals surface area contributed by atoms with Crippen molar-refractivity contribution in [1.29, 1.82) is 5.26 Å². The summed E-state index contributed by atoms with van der Waals surface area (Å²) in [5.74, 6) is 0.882. The van der Waals surface area contributed by atoms with Crippen molar-refractivity contribution in [1.82, 2.24) is 9.55 Å². The van der Waals surface area contributed by atoms with E-state index in [0.717, 1.165) is 0 Å². The summed E-state index contributed by atoms with van der Waals surface area (Å²) in [6.45, 7) is 0.206. The highest BCUT2D eigenvalue weighted by Gasteiger charge is 2.11. The average Bonchev–Trinajstić information content (AvgIpc) is 2.93. The number of nitro groups is 1. The molecule has 22 heavy (non-hydrogen) atoms. The zero-order valence-corrected chi connectivity index (χ0v) is 11.6. The third-order valence-corrected chi connectivity index (χ3v) is 2.92. The zero-order chi connectivity index (χ0) is 15.9. The number of aliphatic hydroxyl groups is 1. The second-order valence-electron chi connectivity index (χ2n) is 4.55. The number of non-ortho nitro benzene ring substituents is 1. The summed E-state index contributed by atoms with van der Waals surface area (Å²) < 4.78 is 7.03. The van der Waals surface area contributed by atoms with E-state index in [9.17, 15) is 15.2 Å². The Morgan fingerprint density at radius 1 is 1.55 bits per heavy atom. The van der Waals surface area contributed by atoms with Crippen LogP contribution in [0.5, 0.6) is 5.75 Å². The van der Waals surface area contributed by atoms with Gasteiger partial charge >= 0.3 is 0 Å². The molecule has 0 radical (unpaired) electrons. The van der Waals surface area contributed by atoms with Crippen molar-refractivity contribution in [3.8, 4) is 11.8 Å². The lowest BCUT2D eigenvalue weighted by Crippen LogP contribution is -2.24. The Labute approximate surface area is 126 Å². The number of benzene rings is 1. The van der Waals surface area contributed by atoms with Gasteiger partial charge in [-0.1, -0.05) is 6.07 Å². The molecule has 1 aromatic carbocycles. The van der Waals surface area contributed by atoms with E-state index in [1.165, 1.54) is 18.2 Å². The van der Waals surface area contributed by atoms with Gasteiger partial charge in [-0.05, 0) is 6.07 Å². The second kappa shape index (κ2) is 7.19. The van der Waals surface area contributed by atoms with Crippen LogP contribution in [0, 0.1) is 21.4 Å². The van der Waals surface area contributed by atoms with Crippen LogP contribution in [0.3, 0.4) is 0 Å². The number of hydrogen-bond acceptors (Lipinski definition) is 6. The van der Waals surface area contributed by atoms with Crippen LogP contribution in [-0.4, -0.2) is 32.3 Å². The van der Waals surface area contributed by atoms with Gasteiger partial charge in [0.05, 0.1) is 30.0 Å². The minimum atomic E-state index is -0.828. The Morgan fingerprint density at radius 2 is 2.36 bits per heavy atom. The predicted molar refractivity (Wildman–Crippen MR) is 76.1 cm³/mol. The van der Waals surface area contributed by atoms with Gasteiger partial charge in [0, 0.05) is 18.5 Å². The third-order valence-electron chi connectivity index (χ3n) is 2.92. The van der Waals surface area contributed by atoms with Crippen LogP contribution in [0.15, 0.2) is 36.7 Å². The molecule has 2 aromatic rings. The molecule has 8 nitrogen and oxygen atoms in total. The number of imidazole rings is 1. The van der Waals surface area contributed by atoms with Crippen molar-refractivity contribution in [2.75, 3.05) is 6.61 Å². The van der Waals surface area contributed by atoms with Gasteiger partial charge in [-0.2, -0.15) is 5.26 Å². The molecule has 0 aliphatic heterocycles. The molecule has 1 N–H and O–H groups in total. The first-order chi connectivity index (χ1) is 10.6. The van der Waals surface area contributed by atoms with Gasteiger partial charge in [0.1, 0.15) is 24.3 Å². The van der Waals surface area contributed by atoms with Crippen LogP contribution < -0.4 is 4.74 Å². The minimum Gasteiger partial charge on any atom is -0.491 e. The normalized spacial score (nSPS) is 11.6. The number of rotatable bonds is 7. The van der Waals surface area contributed by atoms with Gasteiger partial charge in [-0.15, -0.1) is 0 Å². The number of nitro benzene ring substituents is 1. The highest BCUT2D eigenvalue weighted by Crippen LogP contribution is 2.19. The van der Waals surface area contributed by atoms with Crippen LogP contribution in [0.25, 0.3) is 0 Å². The van der Waals surface area contributed by atoms with Gasteiger partial charge in [-0.25, -0.2) is 4.98 Å². The highest BCUT2D eigenvalue weighted by molar-refractivity contribution is 5.37. The lowest BCUT2D eigenvalue weighted by molar-refractivity contribution is -0.384. The SMILES string of the molecule is N#CCc1nccn1CC(O)COc1cccc([N+](=O)[O-])c1. The fraction of sp³-hybridized carbons (Fsp3) is 0.286. The van der Waals surface area contributed by atoms with Crippen molar-refractivity contribution >= 4 is 5.69 Å². The van der Waals surface area contributed by atoms with Crippen LogP contribution in [-0.2, 0) is 13.0 Å². The Kier molecular flexibility index (Phi) is 5.06. The minimum absolute atomic E-state index is 0.0225. The molecule has 1 aromatic heterocycles. The second-order valence-corrected chi connectivity index (χ2v) is 4.55. The molecule has 0 aliphatic carbocycles. The molecule has 1 unspecified atom stereocenters. The number of nitriles is 1. The van der Waals surface area contributed by atoms with E-state index in [1.807, 2.05) is 6.07 Å². The first-order valence-corrected chi connectivity index (χ1v) is 6.52. The molecular weight excluding hydrogens is 288 g/mol. The van der Waals surface area contributed by atoms with Crippen LogP contribution in [0.4, 0.5) is 5.69 Å². The van der Waals surface area contributed by atoms with E-state index in [2.05, 4.69) is 4.98 Å². The van der Waals surface area contributed by atoms with Gasteiger partial charge in [-0.3, -0.25) is 10.1 Å². The molecule has 1 heterocycles. The standard InChI is InChI=1S/C14H14N4O4/c15-5-4-14-16-6-7-17(14)9-12(19)10-22-13-3-1-2-11(8-13)18(20)21/h1-3,6-8,12,19H,4,9-10H2. The first kappa shape index (κ1) is 15.5. The van der Waals surface area contributed by atoms with Crippen LogP contribution >= 0.6 is 0 Å². The lowest BCUT2D eigenvalue weighted by Gasteiger charge is -2.14. The molecule has 0 spiro atoms. The summed E-state index contributed by atoms with van der Waals surface area (Å²) in [6, 6.07) is 7.76. The summed E-state index contributed by atoms with van der Waals surface area (Å²) in [7, 11) is 0. The fourth-order valence-electron chi connectivity index (χ4n) is 1.90. The number of aromatic nitrogens is 2. The van der Waals surface area contributed by atoms with E-state index in [-0.39, 0.29) is 25.3 Å². The van der Waals surface area contributed by atoms with Gasteiger partial charge in [0.2, 0.25) is 0 Å². The average molecular weight is 302 g/mol. The van der Waals surface area contributed by atoms with E-state index >= 15 is 0 Å². The fourth-order valence-corrected chi connectivity index (χ4v) is 1.90. The summed E-state index contributed by atoms with van der Waals surface area (Å²) in [4.78, 5) is 14.2. The molecule has 0 bridgehead atoms. The lowest BCUT2D eigenvalue weighted by atomic mass is 10.3. The van der Waals surface area contributed by atoms with Gasteiger partial charge < -0.3 is 14.4 Å². The number of hydrogen-bond donors (Lipinski definition) is 1. The molecule has 1 atom stereocenters. The van der Waals surface area contributed by atoms with Crippen molar-refractivity contribution < 1.29 is 14.8 Å². The maximum atomic E-state index is 10.7. The van der Waals surface area contributed by atoms with E-state index in [0.29, 0.717) is 11.6 Å². The van der Waals surface area contributed by atoms with Gasteiger partial charge in [0.15, 0.2) is 0 Å².